The van der Waals surface area contributed by atoms with E-state index in [1.807, 2.05) is 54.6 Å². The molecule has 0 bridgehead atoms. The Labute approximate surface area is 111 Å². The van der Waals surface area contributed by atoms with Crippen LogP contribution in [0.2, 0.25) is 0 Å². The Kier molecular flexibility index (Phi) is 3.68. The number of rotatable bonds is 2. The first-order valence-corrected chi connectivity index (χ1v) is 10.5. The van der Waals surface area contributed by atoms with Crippen LogP contribution in [0.25, 0.3) is 11.1 Å². The van der Waals surface area contributed by atoms with E-state index in [1.165, 1.54) is 0 Å². The molecule has 0 unspecified atom stereocenters. The largest absolute Gasteiger partial charge is 0.294 e. The minimum absolute atomic E-state index is 0.793. The number of hydrogen-bond donors (Lipinski definition) is 0. The summed E-state index contributed by atoms with van der Waals surface area (Å²) in [5, 5.41) is 0.793. The second kappa shape index (κ2) is 4.87. The quantitative estimate of drug-likeness (QED) is 0.692. The van der Waals surface area contributed by atoms with Crippen molar-refractivity contribution < 1.29 is 4.57 Å². The van der Waals surface area contributed by atoms with Crippen LogP contribution in [-0.4, -0.2) is 0 Å². The van der Waals surface area contributed by atoms with E-state index in [4.69, 9.17) is 0 Å². The summed E-state index contributed by atoms with van der Waals surface area (Å²) in [6.45, 7) is 0. The molecule has 0 spiro atoms. The molecule has 0 atom stereocenters. The molecule has 0 aromatic heterocycles. The fourth-order valence-corrected chi connectivity index (χ4v) is 4.16. The van der Waals surface area contributed by atoms with Crippen molar-refractivity contribution in [2.45, 2.75) is 0 Å². The number of halogens is 2. The van der Waals surface area contributed by atoms with E-state index >= 15 is 0 Å². The van der Waals surface area contributed by atoms with Crippen LogP contribution in [0.4, 0.5) is 0 Å². The van der Waals surface area contributed by atoms with E-state index in [1.54, 1.807) is 0 Å². The molecule has 0 fully saturated rings. The summed E-state index contributed by atoms with van der Waals surface area (Å²) in [7, 11) is 0. The summed E-state index contributed by atoms with van der Waals surface area (Å²) in [4.78, 5) is 0. The lowest BCUT2D eigenvalue weighted by Gasteiger charge is -2.10. The lowest BCUT2D eigenvalue weighted by atomic mass is 10.1. The van der Waals surface area contributed by atoms with Gasteiger partial charge < -0.3 is 0 Å². The van der Waals surface area contributed by atoms with Gasteiger partial charge in [-0.25, -0.2) is 0 Å². The van der Waals surface area contributed by atoms with E-state index in [-0.39, 0.29) is 0 Å². The lowest BCUT2D eigenvalue weighted by molar-refractivity contribution is 0.599. The normalized spacial score (nSPS) is 11.4. The molecule has 82 valence electrons. The first-order chi connectivity index (χ1) is 7.59. The third-order valence-corrected chi connectivity index (χ3v) is 5.51. The van der Waals surface area contributed by atoms with Gasteiger partial charge in [0.1, 0.15) is 0 Å². The molecule has 2 aromatic carbocycles. The Morgan fingerprint density at radius 1 is 0.812 bits per heavy atom. The van der Waals surface area contributed by atoms with Crippen LogP contribution in [0, 0.1) is 0 Å². The van der Waals surface area contributed by atoms with Crippen molar-refractivity contribution in [2.75, 3.05) is 0 Å². The van der Waals surface area contributed by atoms with Crippen LogP contribution in [0.15, 0.2) is 54.6 Å². The summed E-state index contributed by atoms with van der Waals surface area (Å²) in [6, 6.07) is 17.6. The predicted octanol–water partition coefficient (Wildman–Crippen LogP) is 4.96. The topological polar surface area (TPSA) is 17.1 Å². The van der Waals surface area contributed by atoms with E-state index in [2.05, 4.69) is 31.0 Å². The highest BCUT2D eigenvalue weighted by Gasteiger charge is 2.20. The van der Waals surface area contributed by atoms with Crippen molar-refractivity contribution in [2.24, 2.45) is 0 Å². The molecule has 2 rings (SSSR count). The molecule has 0 N–H and O–H groups in total. The van der Waals surface area contributed by atoms with Gasteiger partial charge in [0, 0.05) is 5.30 Å². The van der Waals surface area contributed by atoms with E-state index in [0.717, 1.165) is 16.4 Å². The maximum atomic E-state index is 12.0. The van der Waals surface area contributed by atoms with Crippen molar-refractivity contribution in [3.63, 3.8) is 0 Å². The molecule has 4 heteroatoms. The van der Waals surface area contributed by atoms with Crippen molar-refractivity contribution in [3.8, 4) is 11.1 Å². The summed E-state index contributed by atoms with van der Waals surface area (Å²) < 4.78 is 9.45. The summed E-state index contributed by atoms with van der Waals surface area (Å²) >= 11 is 6.41. The molecule has 0 amide bonds. The van der Waals surface area contributed by atoms with Gasteiger partial charge >= 0.3 is 0 Å². The highest BCUT2D eigenvalue weighted by atomic mass is 79.9. The van der Waals surface area contributed by atoms with Gasteiger partial charge in [-0.05, 0) is 48.2 Å². The lowest BCUT2D eigenvalue weighted by Crippen LogP contribution is -2.01. The molecule has 0 aliphatic carbocycles. The van der Waals surface area contributed by atoms with E-state index in [0.29, 0.717) is 0 Å². The third-order valence-electron chi connectivity index (χ3n) is 2.27. The van der Waals surface area contributed by atoms with Gasteiger partial charge in [-0.2, -0.15) is 0 Å². The second-order valence-electron chi connectivity index (χ2n) is 3.35. The molecule has 0 saturated heterocycles. The van der Waals surface area contributed by atoms with Gasteiger partial charge in [0.25, 0.3) is 0 Å². The molecule has 0 aliphatic heterocycles. The maximum Gasteiger partial charge on any atom is 0.236 e. The van der Waals surface area contributed by atoms with Gasteiger partial charge in [-0.15, -0.1) is 0 Å². The van der Waals surface area contributed by atoms with Gasteiger partial charge in [-0.1, -0.05) is 48.5 Å². The molecule has 2 aromatic rings. The zero-order chi connectivity index (χ0) is 11.6. The van der Waals surface area contributed by atoms with Gasteiger partial charge in [0.05, 0.1) is 0 Å². The van der Waals surface area contributed by atoms with Crippen LogP contribution >= 0.6 is 35.5 Å². The predicted molar refractivity (Wildman–Crippen MR) is 77.0 cm³/mol. The van der Waals surface area contributed by atoms with Gasteiger partial charge in [0.2, 0.25) is 4.55 Å². The minimum atomic E-state index is -2.60. The molecule has 16 heavy (non-hydrogen) atoms. The fourth-order valence-electron chi connectivity index (χ4n) is 1.56. The Morgan fingerprint density at radius 3 is 2.00 bits per heavy atom. The van der Waals surface area contributed by atoms with Crippen molar-refractivity contribution >= 4 is 40.8 Å². The Balaban J connectivity index is 2.63. The van der Waals surface area contributed by atoms with Crippen molar-refractivity contribution in [1.29, 1.82) is 0 Å². The SMILES string of the molecule is O=P(Br)(Br)c1ccccc1-c1ccccc1. The smallest absolute Gasteiger partial charge is 0.236 e. The number of benzene rings is 2. The van der Waals surface area contributed by atoms with Crippen molar-refractivity contribution in [1.82, 2.24) is 0 Å². The number of hydrogen-bond acceptors (Lipinski definition) is 1. The highest BCUT2D eigenvalue weighted by Crippen LogP contribution is 2.61. The fraction of sp³-hybridized carbons (Fsp3) is 0. The van der Waals surface area contributed by atoms with Gasteiger partial charge in [0.15, 0.2) is 0 Å². The average Bonchev–Trinajstić information content (AvgIpc) is 2.29. The minimum Gasteiger partial charge on any atom is -0.294 e. The monoisotopic (exact) mass is 358 g/mol. The summed E-state index contributed by atoms with van der Waals surface area (Å²) in [5.74, 6) is 0. The summed E-state index contributed by atoms with van der Waals surface area (Å²) in [6.07, 6.45) is 0. The second-order valence-corrected chi connectivity index (χ2v) is 13.6. The molecule has 1 nitrogen and oxygen atoms in total. The van der Waals surface area contributed by atoms with E-state index < -0.39 is 4.55 Å². The first-order valence-electron chi connectivity index (χ1n) is 4.73. The Hall–Kier alpha value is -0.370. The van der Waals surface area contributed by atoms with Crippen LogP contribution in [-0.2, 0) is 4.57 Å². The zero-order valence-electron chi connectivity index (χ0n) is 8.31. The molecular formula is C12H9Br2OP. The molecule has 0 heterocycles. The van der Waals surface area contributed by atoms with Crippen LogP contribution in [0.1, 0.15) is 0 Å². The van der Waals surface area contributed by atoms with Crippen LogP contribution in [0.5, 0.6) is 0 Å². The van der Waals surface area contributed by atoms with Crippen LogP contribution in [0.3, 0.4) is 0 Å². The Bertz CT molecular complexity index is 534. The highest BCUT2D eigenvalue weighted by molar-refractivity contribution is 9.71. The third kappa shape index (κ3) is 2.65. The van der Waals surface area contributed by atoms with E-state index in [9.17, 15) is 4.57 Å². The zero-order valence-corrected chi connectivity index (χ0v) is 12.4. The first kappa shape index (κ1) is 12.1. The Morgan fingerprint density at radius 2 is 1.38 bits per heavy atom. The summed E-state index contributed by atoms with van der Waals surface area (Å²) in [5.41, 5.74) is 2.05. The standard InChI is InChI=1S/C12H9Br2OP/c13-16(14,15)12-9-5-4-8-11(12)10-6-2-1-3-7-10/h1-9H. The van der Waals surface area contributed by atoms with Crippen LogP contribution < -0.4 is 5.30 Å². The van der Waals surface area contributed by atoms with Crippen molar-refractivity contribution in [3.05, 3.63) is 54.6 Å². The molecule has 0 aliphatic rings. The molecule has 0 saturated carbocycles. The average molecular weight is 360 g/mol. The molecule has 0 radical (unpaired) electrons. The molecular weight excluding hydrogens is 351 g/mol. The van der Waals surface area contributed by atoms with Gasteiger partial charge in [-0.3, -0.25) is 4.57 Å². The maximum absolute atomic E-state index is 12.0.